The van der Waals surface area contributed by atoms with Crippen molar-refractivity contribution in [1.82, 2.24) is 0 Å². The standard InChI is InChI=1S/C11H17P.C2H6/c1-5-10-7-6-8(2)9(3)11(10)12-4;1-2/h5-7,9,11-12H,1H2,2-4H3;1-2H3. The molecule has 1 rings (SSSR count). The van der Waals surface area contributed by atoms with E-state index in [1.165, 1.54) is 11.1 Å². The molecule has 0 aliphatic heterocycles. The number of allylic oxidation sites excluding steroid dienone is 5. The third-order valence-corrected chi connectivity index (χ3v) is 4.12. The van der Waals surface area contributed by atoms with E-state index < -0.39 is 0 Å². The maximum atomic E-state index is 3.85. The highest BCUT2D eigenvalue weighted by Crippen LogP contribution is 2.36. The summed E-state index contributed by atoms with van der Waals surface area (Å²) in [6.45, 7) is 14.6. The van der Waals surface area contributed by atoms with E-state index in [1.807, 2.05) is 19.9 Å². The molecule has 0 saturated heterocycles. The topological polar surface area (TPSA) is 0 Å². The van der Waals surface area contributed by atoms with Gasteiger partial charge in [-0.25, -0.2) is 0 Å². The first kappa shape index (κ1) is 13.7. The highest BCUT2D eigenvalue weighted by Gasteiger charge is 2.21. The summed E-state index contributed by atoms with van der Waals surface area (Å²) < 4.78 is 0. The van der Waals surface area contributed by atoms with Crippen molar-refractivity contribution < 1.29 is 0 Å². The van der Waals surface area contributed by atoms with Gasteiger partial charge in [0.25, 0.3) is 0 Å². The van der Waals surface area contributed by atoms with Gasteiger partial charge in [0, 0.05) is 5.66 Å². The average Bonchev–Trinajstić information content (AvgIpc) is 2.24. The molecule has 0 spiro atoms. The predicted octanol–water partition coefficient (Wildman–Crippen LogP) is 4.40. The summed E-state index contributed by atoms with van der Waals surface area (Å²) in [6, 6.07) is 0. The Hall–Kier alpha value is -0.350. The van der Waals surface area contributed by atoms with E-state index in [-0.39, 0.29) is 0 Å². The maximum Gasteiger partial charge on any atom is 0.00738 e. The van der Waals surface area contributed by atoms with Gasteiger partial charge in [-0.2, -0.15) is 0 Å². The Labute approximate surface area is 91.0 Å². The van der Waals surface area contributed by atoms with Crippen LogP contribution in [0.4, 0.5) is 0 Å². The molecule has 0 nitrogen and oxygen atoms in total. The molecule has 0 saturated carbocycles. The molecule has 3 unspecified atom stereocenters. The van der Waals surface area contributed by atoms with E-state index in [4.69, 9.17) is 0 Å². The molecule has 0 aromatic carbocycles. The van der Waals surface area contributed by atoms with Crippen molar-refractivity contribution in [3.05, 3.63) is 36.0 Å². The van der Waals surface area contributed by atoms with Crippen molar-refractivity contribution in [2.24, 2.45) is 5.92 Å². The lowest BCUT2D eigenvalue weighted by Gasteiger charge is -2.27. The zero-order chi connectivity index (χ0) is 11.1. The van der Waals surface area contributed by atoms with Crippen molar-refractivity contribution in [3.8, 4) is 0 Å². The van der Waals surface area contributed by atoms with Crippen LogP contribution in [0.15, 0.2) is 36.0 Å². The Kier molecular flexibility index (Phi) is 6.83. The van der Waals surface area contributed by atoms with Crippen LogP contribution in [0.25, 0.3) is 0 Å². The van der Waals surface area contributed by atoms with Gasteiger partial charge >= 0.3 is 0 Å². The Balaban J connectivity index is 0.000000791. The molecule has 0 fully saturated rings. The van der Waals surface area contributed by atoms with Crippen molar-refractivity contribution in [1.29, 1.82) is 0 Å². The normalized spacial score (nSPS) is 26.4. The van der Waals surface area contributed by atoms with Crippen LogP contribution in [-0.2, 0) is 0 Å². The Morgan fingerprint density at radius 3 is 2.36 bits per heavy atom. The van der Waals surface area contributed by atoms with Crippen LogP contribution in [0.3, 0.4) is 0 Å². The van der Waals surface area contributed by atoms with Gasteiger partial charge in [0.15, 0.2) is 0 Å². The quantitative estimate of drug-likeness (QED) is 0.593. The van der Waals surface area contributed by atoms with Gasteiger partial charge in [-0.3, -0.25) is 0 Å². The van der Waals surface area contributed by atoms with Gasteiger partial charge in [-0.1, -0.05) is 51.2 Å². The van der Waals surface area contributed by atoms with Gasteiger partial charge in [0.1, 0.15) is 0 Å². The number of rotatable bonds is 2. The minimum Gasteiger partial charge on any atom is -0.117 e. The summed E-state index contributed by atoms with van der Waals surface area (Å²) >= 11 is 0. The summed E-state index contributed by atoms with van der Waals surface area (Å²) in [6.07, 6.45) is 6.43. The predicted molar refractivity (Wildman–Crippen MR) is 70.6 cm³/mol. The fraction of sp³-hybridized carbons (Fsp3) is 0.538. The van der Waals surface area contributed by atoms with Crippen molar-refractivity contribution in [2.75, 3.05) is 6.66 Å². The van der Waals surface area contributed by atoms with Crippen LogP contribution in [0, 0.1) is 5.92 Å². The molecule has 0 radical (unpaired) electrons. The van der Waals surface area contributed by atoms with Crippen LogP contribution >= 0.6 is 8.58 Å². The molecule has 0 bridgehead atoms. The van der Waals surface area contributed by atoms with Gasteiger partial charge in [-0.05, 0) is 25.1 Å². The highest BCUT2D eigenvalue weighted by molar-refractivity contribution is 7.38. The fourth-order valence-electron chi connectivity index (χ4n) is 1.65. The van der Waals surface area contributed by atoms with E-state index in [1.54, 1.807) is 0 Å². The summed E-state index contributed by atoms with van der Waals surface area (Å²) in [4.78, 5) is 0. The zero-order valence-electron chi connectivity index (χ0n) is 10.1. The lowest BCUT2D eigenvalue weighted by Crippen LogP contribution is -2.18. The molecule has 3 atom stereocenters. The van der Waals surface area contributed by atoms with Crippen LogP contribution in [0.1, 0.15) is 27.7 Å². The molecule has 0 N–H and O–H groups in total. The van der Waals surface area contributed by atoms with E-state index in [0.29, 0.717) is 11.6 Å². The van der Waals surface area contributed by atoms with Crippen LogP contribution in [0.5, 0.6) is 0 Å². The average molecular weight is 210 g/mol. The molecule has 0 heterocycles. The SMILES string of the molecule is C=CC1=CC=C(C)C(C)C1PC.CC. The molecule has 1 aliphatic rings. The van der Waals surface area contributed by atoms with Crippen molar-refractivity contribution >= 4 is 8.58 Å². The minimum absolute atomic E-state index is 0.700. The number of hydrogen-bond acceptors (Lipinski definition) is 0. The van der Waals surface area contributed by atoms with E-state index in [9.17, 15) is 0 Å². The van der Waals surface area contributed by atoms with Gasteiger partial charge < -0.3 is 0 Å². The minimum atomic E-state index is 0.700. The smallest absolute Gasteiger partial charge is 0.00738 e. The summed E-state index contributed by atoms with van der Waals surface area (Å²) in [5.74, 6) is 0.700. The molecule has 0 aromatic heterocycles. The second kappa shape index (κ2) is 7.01. The summed E-state index contributed by atoms with van der Waals surface area (Å²) in [5.41, 5.74) is 3.63. The first-order chi connectivity index (χ1) is 6.70. The van der Waals surface area contributed by atoms with Crippen LogP contribution in [-0.4, -0.2) is 12.3 Å². The second-order valence-electron chi connectivity index (χ2n) is 3.34. The van der Waals surface area contributed by atoms with Crippen molar-refractivity contribution in [3.63, 3.8) is 0 Å². The van der Waals surface area contributed by atoms with Gasteiger partial charge in [0.05, 0.1) is 0 Å². The molecular weight excluding hydrogens is 187 g/mol. The van der Waals surface area contributed by atoms with E-state index in [0.717, 1.165) is 8.58 Å². The Bertz CT molecular complexity index is 236. The molecule has 0 amide bonds. The first-order valence-electron chi connectivity index (χ1n) is 5.38. The largest absolute Gasteiger partial charge is 0.117 e. The van der Waals surface area contributed by atoms with Gasteiger partial charge in [-0.15, -0.1) is 8.58 Å². The monoisotopic (exact) mass is 210 g/mol. The molecule has 80 valence electrons. The fourth-order valence-corrected chi connectivity index (χ4v) is 2.96. The first-order valence-corrected chi connectivity index (χ1v) is 6.96. The highest BCUT2D eigenvalue weighted by atomic mass is 31.1. The lowest BCUT2D eigenvalue weighted by molar-refractivity contribution is 0.683. The molecular formula is C13H23P. The Morgan fingerprint density at radius 1 is 1.36 bits per heavy atom. The molecule has 0 aromatic rings. The third kappa shape index (κ3) is 3.10. The van der Waals surface area contributed by atoms with Crippen LogP contribution < -0.4 is 0 Å². The Morgan fingerprint density at radius 2 is 1.93 bits per heavy atom. The molecule has 14 heavy (non-hydrogen) atoms. The molecule has 1 aliphatic carbocycles. The third-order valence-electron chi connectivity index (χ3n) is 2.66. The van der Waals surface area contributed by atoms with Crippen LogP contribution in [0.2, 0.25) is 0 Å². The summed E-state index contributed by atoms with van der Waals surface area (Å²) in [5, 5.41) is 0. The van der Waals surface area contributed by atoms with Crippen molar-refractivity contribution in [2.45, 2.75) is 33.4 Å². The number of hydrogen-bond donors (Lipinski definition) is 0. The zero-order valence-corrected chi connectivity index (χ0v) is 11.1. The van der Waals surface area contributed by atoms with Gasteiger partial charge in [0.2, 0.25) is 0 Å². The molecule has 1 heteroatoms. The maximum absolute atomic E-state index is 3.85. The lowest BCUT2D eigenvalue weighted by atomic mass is 9.89. The summed E-state index contributed by atoms with van der Waals surface area (Å²) in [7, 11) is 0.980. The second-order valence-corrected chi connectivity index (χ2v) is 4.54. The van der Waals surface area contributed by atoms with E-state index >= 15 is 0 Å². The van der Waals surface area contributed by atoms with E-state index in [2.05, 4.69) is 39.2 Å².